The molecule has 1 aliphatic rings. The molecule has 110 valence electrons. The van der Waals surface area contributed by atoms with Crippen molar-refractivity contribution < 1.29 is 18.3 Å². The minimum absolute atomic E-state index is 0.0412. The Balaban J connectivity index is 2.09. The highest BCUT2D eigenvalue weighted by molar-refractivity contribution is 5.94. The van der Waals surface area contributed by atoms with E-state index in [4.69, 9.17) is 5.73 Å². The first-order valence-electron chi connectivity index (χ1n) is 6.59. The number of alkyl halides is 2. The van der Waals surface area contributed by atoms with Crippen LogP contribution < -0.4 is 10.5 Å². The van der Waals surface area contributed by atoms with Crippen molar-refractivity contribution in [3.63, 3.8) is 0 Å². The van der Waals surface area contributed by atoms with Crippen molar-refractivity contribution in [1.29, 1.82) is 0 Å². The first kappa shape index (κ1) is 14.7. The number of halogens is 2. The van der Waals surface area contributed by atoms with E-state index in [9.17, 15) is 13.6 Å². The molecule has 1 heterocycles. The predicted molar refractivity (Wildman–Crippen MR) is 70.7 cm³/mol. The summed E-state index contributed by atoms with van der Waals surface area (Å²) in [5, 5.41) is 0. The quantitative estimate of drug-likeness (QED) is 0.921. The van der Waals surface area contributed by atoms with E-state index < -0.39 is 6.61 Å². The van der Waals surface area contributed by atoms with Crippen molar-refractivity contribution in [2.45, 2.75) is 26.0 Å². The number of ether oxygens (including phenoxy) is 1. The van der Waals surface area contributed by atoms with Crippen LogP contribution in [0.3, 0.4) is 0 Å². The maximum Gasteiger partial charge on any atom is 0.387 e. The number of nitrogens with zero attached hydrogens (tertiary/aromatic N) is 1. The number of carbonyl (C=O) groups is 1. The number of nitrogens with two attached hydrogens (primary N) is 1. The molecule has 2 atom stereocenters. The Morgan fingerprint density at radius 3 is 2.65 bits per heavy atom. The van der Waals surface area contributed by atoms with Gasteiger partial charge in [0, 0.05) is 24.7 Å². The van der Waals surface area contributed by atoms with Gasteiger partial charge < -0.3 is 15.4 Å². The number of carbonyl (C=O) groups excluding carboxylic acids is 1. The van der Waals surface area contributed by atoms with Crippen molar-refractivity contribution in [2.75, 3.05) is 13.1 Å². The van der Waals surface area contributed by atoms with Gasteiger partial charge in [-0.25, -0.2) is 0 Å². The van der Waals surface area contributed by atoms with Crippen molar-refractivity contribution in [3.05, 3.63) is 29.8 Å². The van der Waals surface area contributed by atoms with E-state index in [2.05, 4.69) is 11.7 Å². The first-order valence-corrected chi connectivity index (χ1v) is 6.59. The monoisotopic (exact) mass is 284 g/mol. The van der Waals surface area contributed by atoms with Crippen LogP contribution in [0.4, 0.5) is 8.78 Å². The van der Waals surface area contributed by atoms with Gasteiger partial charge in [0.1, 0.15) is 5.75 Å². The Kier molecular flexibility index (Phi) is 4.54. The fourth-order valence-electron chi connectivity index (χ4n) is 2.56. The van der Waals surface area contributed by atoms with Crippen LogP contribution >= 0.6 is 0 Å². The second-order valence-electron chi connectivity index (χ2n) is 4.97. The van der Waals surface area contributed by atoms with Crippen LogP contribution in [0.5, 0.6) is 5.75 Å². The number of amides is 1. The van der Waals surface area contributed by atoms with E-state index >= 15 is 0 Å². The van der Waals surface area contributed by atoms with Crippen LogP contribution in [0.15, 0.2) is 24.3 Å². The van der Waals surface area contributed by atoms with E-state index in [-0.39, 0.29) is 17.7 Å². The lowest BCUT2D eigenvalue weighted by atomic mass is 10.0. The summed E-state index contributed by atoms with van der Waals surface area (Å²) in [5.41, 5.74) is 6.17. The van der Waals surface area contributed by atoms with E-state index in [0.717, 1.165) is 6.42 Å². The van der Waals surface area contributed by atoms with Gasteiger partial charge in [-0.1, -0.05) is 6.92 Å². The van der Waals surface area contributed by atoms with Crippen molar-refractivity contribution in [1.82, 2.24) is 4.90 Å². The SMILES string of the molecule is CC1CCN(C(=O)c2ccc(OC(F)F)cc2)C1CN. The molecule has 0 saturated carbocycles. The fourth-order valence-corrected chi connectivity index (χ4v) is 2.56. The van der Waals surface area contributed by atoms with E-state index in [1.54, 1.807) is 4.90 Å². The third-order valence-electron chi connectivity index (χ3n) is 3.71. The van der Waals surface area contributed by atoms with E-state index in [1.807, 2.05) is 0 Å². The summed E-state index contributed by atoms with van der Waals surface area (Å²) in [6.45, 7) is 0.318. The van der Waals surface area contributed by atoms with Crippen LogP contribution in [-0.4, -0.2) is 36.5 Å². The highest BCUT2D eigenvalue weighted by Crippen LogP contribution is 2.25. The molecule has 0 spiro atoms. The summed E-state index contributed by atoms with van der Waals surface area (Å²) in [5.74, 6) is 0.306. The molecule has 0 bridgehead atoms. The zero-order valence-corrected chi connectivity index (χ0v) is 11.3. The first-order chi connectivity index (χ1) is 9.52. The number of hydrogen-bond acceptors (Lipinski definition) is 3. The van der Waals surface area contributed by atoms with Crippen LogP contribution in [0, 0.1) is 5.92 Å². The lowest BCUT2D eigenvalue weighted by Gasteiger charge is -2.25. The second kappa shape index (κ2) is 6.17. The maximum absolute atomic E-state index is 12.4. The molecule has 2 unspecified atom stereocenters. The van der Waals surface area contributed by atoms with Gasteiger partial charge in [0.15, 0.2) is 0 Å². The molecule has 2 rings (SSSR count). The van der Waals surface area contributed by atoms with Gasteiger partial charge >= 0.3 is 6.61 Å². The molecular weight excluding hydrogens is 266 g/mol. The van der Waals surface area contributed by atoms with Gasteiger partial charge in [-0.05, 0) is 36.6 Å². The molecule has 1 saturated heterocycles. The molecule has 0 radical (unpaired) electrons. The van der Waals surface area contributed by atoms with Gasteiger partial charge in [0.25, 0.3) is 5.91 Å². The third-order valence-corrected chi connectivity index (χ3v) is 3.71. The summed E-state index contributed by atoms with van der Waals surface area (Å²) in [4.78, 5) is 14.1. The molecular formula is C14H18F2N2O2. The molecule has 1 aliphatic heterocycles. The maximum atomic E-state index is 12.4. The molecule has 4 nitrogen and oxygen atoms in total. The average molecular weight is 284 g/mol. The summed E-state index contributed by atoms with van der Waals surface area (Å²) >= 11 is 0. The normalized spacial score (nSPS) is 22.4. The number of hydrogen-bond donors (Lipinski definition) is 1. The number of likely N-dealkylation sites (tertiary alicyclic amines) is 1. The van der Waals surface area contributed by atoms with Crippen LogP contribution in [0.2, 0.25) is 0 Å². The Morgan fingerprint density at radius 2 is 2.10 bits per heavy atom. The highest BCUT2D eigenvalue weighted by atomic mass is 19.3. The Bertz CT molecular complexity index is 465. The number of benzene rings is 1. The molecule has 2 N–H and O–H groups in total. The Labute approximate surface area is 116 Å². The van der Waals surface area contributed by atoms with Gasteiger partial charge in [-0.2, -0.15) is 8.78 Å². The van der Waals surface area contributed by atoms with Gasteiger partial charge in [0.2, 0.25) is 0 Å². The summed E-state index contributed by atoms with van der Waals surface area (Å²) in [7, 11) is 0. The molecule has 1 aromatic carbocycles. The molecule has 1 fully saturated rings. The molecule has 0 aromatic heterocycles. The molecule has 1 amide bonds. The fraction of sp³-hybridized carbons (Fsp3) is 0.500. The minimum Gasteiger partial charge on any atom is -0.435 e. The topological polar surface area (TPSA) is 55.6 Å². The molecule has 1 aromatic rings. The summed E-state index contributed by atoms with van der Waals surface area (Å²) in [6.07, 6.45) is 0.931. The molecule has 20 heavy (non-hydrogen) atoms. The van der Waals surface area contributed by atoms with Crippen LogP contribution in [-0.2, 0) is 0 Å². The third kappa shape index (κ3) is 3.07. The van der Waals surface area contributed by atoms with Crippen molar-refractivity contribution in [3.8, 4) is 5.75 Å². The largest absolute Gasteiger partial charge is 0.435 e. The number of rotatable bonds is 4. The lowest BCUT2D eigenvalue weighted by Crippen LogP contribution is -2.42. The Morgan fingerprint density at radius 1 is 1.45 bits per heavy atom. The molecule has 6 heteroatoms. The lowest BCUT2D eigenvalue weighted by molar-refractivity contribution is -0.0498. The molecule has 0 aliphatic carbocycles. The highest BCUT2D eigenvalue weighted by Gasteiger charge is 2.33. The van der Waals surface area contributed by atoms with Crippen molar-refractivity contribution in [2.24, 2.45) is 11.7 Å². The Hall–Kier alpha value is -1.69. The van der Waals surface area contributed by atoms with Gasteiger partial charge in [0.05, 0.1) is 0 Å². The van der Waals surface area contributed by atoms with Crippen molar-refractivity contribution >= 4 is 5.91 Å². The van der Waals surface area contributed by atoms with E-state index in [0.29, 0.717) is 24.6 Å². The smallest absolute Gasteiger partial charge is 0.387 e. The average Bonchev–Trinajstić information content (AvgIpc) is 2.79. The predicted octanol–water partition coefficient (Wildman–Crippen LogP) is 2.10. The van der Waals surface area contributed by atoms with Gasteiger partial charge in [-0.15, -0.1) is 0 Å². The minimum atomic E-state index is -2.86. The second-order valence-corrected chi connectivity index (χ2v) is 4.97. The zero-order valence-electron chi connectivity index (χ0n) is 11.3. The van der Waals surface area contributed by atoms with Crippen LogP contribution in [0.25, 0.3) is 0 Å². The van der Waals surface area contributed by atoms with Gasteiger partial charge in [-0.3, -0.25) is 4.79 Å². The standard InChI is InChI=1S/C14H18F2N2O2/c1-9-6-7-18(12(9)8-17)13(19)10-2-4-11(5-3-10)20-14(15)16/h2-5,9,12,14H,6-8,17H2,1H3. The van der Waals surface area contributed by atoms with E-state index in [1.165, 1.54) is 24.3 Å². The summed E-state index contributed by atoms with van der Waals surface area (Å²) in [6, 6.07) is 5.78. The zero-order chi connectivity index (χ0) is 14.7. The summed E-state index contributed by atoms with van der Waals surface area (Å²) < 4.78 is 28.4. The van der Waals surface area contributed by atoms with Crippen LogP contribution in [0.1, 0.15) is 23.7 Å².